The molecule has 3 aromatic carbocycles. The van der Waals surface area contributed by atoms with Gasteiger partial charge >= 0.3 is 0 Å². The Morgan fingerprint density at radius 3 is 2.60 bits per heavy atom. The number of anilines is 1. The second kappa shape index (κ2) is 10.5. The van der Waals surface area contributed by atoms with E-state index in [1.807, 2.05) is 36.4 Å². The lowest BCUT2D eigenvalue weighted by molar-refractivity contribution is 0.172. The average Bonchev–Trinajstić information content (AvgIpc) is 3.15. The smallest absolute Gasteiger partial charge is 0.229 e. The van der Waals surface area contributed by atoms with Crippen molar-refractivity contribution in [3.8, 4) is 17.0 Å². The molecule has 0 aliphatic rings. The molecule has 0 aliphatic carbocycles. The lowest BCUT2D eigenvalue weighted by Gasteiger charge is -2.14. The van der Waals surface area contributed by atoms with E-state index in [0.717, 1.165) is 40.2 Å². The number of hydrogen-bond donors (Lipinski definition) is 4. The topological polar surface area (TPSA) is 103 Å². The fraction of sp³-hybridized carbons (Fsp3) is 0.231. The summed E-state index contributed by atoms with van der Waals surface area (Å²) in [6, 6.07) is 19.9. The maximum absolute atomic E-state index is 13.8. The summed E-state index contributed by atoms with van der Waals surface area (Å²) in [7, 11) is -3.63. The first-order chi connectivity index (χ1) is 16.7. The molecule has 0 saturated heterocycles. The van der Waals surface area contributed by atoms with E-state index in [0.29, 0.717) is 18.7 Å². The van der Waals surface area contributed by atoms with Crippen molar-refractivity contribution in [2.24, 2.45) is 0 Å². The normalized spacial score (nSPS) is 12.6. The van der Waals surface area contributed by atoms with Gasteiger partial charge in [0.25, 0.3) is 0 Å². The van der Waals surface area contributed by atoms with Crippen LogP contribution in [0.4, 0.5) is 10.1 Å². The number of halogens is 1. The van der Waals surface area contributed by atoms with Gasteiger partial charge in [-0.1, -0.05) is 36.4 Å². The van der Waals surface area contributed by atoms with Gasteiger partial charge in [-0.15, -0.1) is 0 Å². The molecule has 1 heterocycles. The van der Waals surface area contributed by atoms with Crippen molar-refractivity contribution >= 4 is 26.6 Å². The molecule has 0 radical (unpaired) electrons. The van der Waals surface area contributed by atoms with Crippen LogP contribution in [0.3, 0.4) is 0 Å². The van der Waals surface area contributed by atoms with Gasteiger partial charge in [0.05, 0.1) is 18.0 Å². The molecule has 1 aromatic heterocycles. The molecule has 0 amide bonds. The highest BCUT2D eigenvalue weighted by Gasteiger charge is 2.14. The highest BCUT2D eigenvalue weighted by Crippen LogP contribution is 2.31. The Kier molecular flexibility index (Phi) is 7.39. The SMILES string of the molecule is Cc1c(-c2ccccc2)[nH]c2cc(OCCNCC(O)c3ccc(F)c(NS(C)(=O)=O)c3)ccc12. The molecule has 35 heavy (non-hydrogen) atoms. The van der Waals surface area contributed by atoms with Crippen LogP contribution in [-0.2, 0) is 10.0 Å². The van der Waals surface area contributed by atoms with Crippen LogP contribution in [0.5, 0.6) is 5.75 Å². The van der Waals surface area contributed by atoms with Crippen molar-refractivity contribution in [1.82, 2.24) is 10.3 Å². The van der Waals surface area contributed by atoms with Crippen LogP contribution in [0.25, 0.3) is 22.2 Å². The predicted octanol–water partition coefficient (Wildman–Crippen LogP) is 4.36. The van der Waals surface area contributed by atoms with Gasteiger partial charge < -0.3 is 20.1 Å². The summed E-state index contributed by atoms with van der Waals surface area (Å²) in [5.41, 5.74) is 4.60. The zero-order chi connectivity index (χ0) is 25.0. The predicted molar refractivity (Wildman–Crippen MR) is 137 cm³/mol. The summed E-state index contributed by atoms with van der Waals surface area (Å²) in [4.78, 5) is 3.48. The van der Waals surface area contributed by atoms with Gasteiger partial charge in [-0.05, 0) is 47.9 Å². The van der Waals surface area contributed by atoms with E-state index >= 15 is 0 Å². The van der Waals surface area contributed by atoms with E-state index in [4.69, 9.17) is 4.74 Å². The van der Waals surface area contributed by atoms with Gasteiger partial charge in [0, 0.05) is 35.8 Å². The number of hydrogen-bond acceptors (Lipinski definition) is 5. The van der Waals surface area contributed by atoms with Crippen LogP contribution in [0.2, 0.25) is 0 Å². The summed E-state index contributed by atoms with van der Waals surface area (Å²) in [5.74, 6) is 0.0218. The maximum Gasteiger partial charge on any atom is 0.229 e. The quantitative estimate of drug-likeness (QED) is 0.244. The van der Waals surface area contributed by atoms with Crippen LogP contribution >= 0.6 is 0 Å². The largest absolute Gasteiger partial charge is 0.492 e. The number of fused-ring (bicyclic) bond motifs is 1. The molecule has 0 spiro atoms. The minimum Gasteiger partial charge on any atom is -0.492 e. The van der Waals surface area contributed by atoms with Gasteiger partial charge in [-0.25, -0.2) is 12.8 Å². The molecule has 4 rings (SSSR count). The summed E-state index contributed by atoms with van der Waals surface area (Å²) in [6.07, 6.45) is -0.000955. The molecule has 1 atom stereocenters. The molecule has 7 nitrogen and oxygen atoms in total. The second-order valence-corrected chi connectivity index (χ2v) is 10.1. The fourth-order valence-electron chi connectivity index (χ4n) is 3.93. The molecule has 4 aromatic rings. The Morgan fingerprint density at radius 2 is 1.86 bits per heavy atom. The second-order valence-electron chi connectivity index (χ2n) is 8.38. The van der Waals surface area contributed by atoms with Crippen molar-refractivity contribution in [2.75, 3.05) is 30.7 Å². The van der Waals surface area contributed by atoms with Crippen molar-refractivity contribution in [3.63, 3.8) is 0 Å². The van der Waals surface area contributed by atoms with Gasteiger partial charge in [0.15, 0.2) is 0 Å². The Balaban J connectivity index is 1.30. The number of aromatic amines is 1. The number of benzene rings is 3. The number of ether oxygens (including phenoxy) is 1. The molecule has 184 valence electrons. The summed E-state index contributed by atoms with van der Waals surface area (Å²) >= 11 is 0. The first kappa shape index (κ1) is 24.7. The molecular formula is C26H28FN3O4S. The molecule has 0 bridgehead atoms. The minimum atomic E-state index is -3.63. The van der Waals surface area contributed by atoms with Crippen LogP contribution in [0, 0.1) is 12.7 Å². The zero-order valence-corrected chi connectivity index (χ0v) is 20.3. The number of aromatic nitrogens is 1. The van der Waals surface area contributed by atoms with E-state index in [2.05, 4.69) is 34.1 Å². The van der Waals surface area contributed by atoms with Crippen molar-refractivity contribution in [1.29, 1.82) is 0 Å². The number of aliphatic hydroxyl groups excluding tert-OH is 1. The van der Waals surface area contributed by atoms with Crippen LogP contribution in [0.15, 0.2) is 66.7 Å². The summed E-state index contributed by atoms with van der Waals surface area (Å²) in [6.45, 7) is 3.15. The third-order valence-corrected chi connectivity index (χ3v) is 6.24. The molecule has 1 unspecified atom stereocenters. The number of aliphatic hydroxyl groups is 1. The van der Waals surface area contributed by atoms with Crippen LogP contribution in [-0.4, -0.2) is 44.5 Å². The van der Waals surface area contributed by atoms with Gasteiger partial charge in [-0.2, -0.15) is 0 Å². The first-order valence-corrected chi connectivity index (χ1v) is 13.1. The Morgan fingerprint density at radius 1 is 1.09 bits per heavy atom. The molecular weight excluding hydrogens is 469 g/mol. The van der Waals surface area contributed by atoms with E-state index in [9.17, 15) is 17.9 Å². The van der Waals surface area contributed by atoms with E-state index < -0.39 is 21.9 Å². The minimum absolute atomic E-state index is 0.197. The Hall–Kier alpha value is -3.40. The highest BCUT2D eigenvalue weighted by atomic mass is 32.2. The van der Waals surface area contributed by atoms with Crippen LogP contribution in [0.1, 0.15) is 17.2 Å². The Bertz CT molecular complexity index is 1420. The number of aryl methyl sites for hydroxylation is 1. The summed E-state index contributed by atoms with van der Waals surface area (Å²) in [5, 5.41) is 14.6. The maximum atomic E-state index is 13.8. The van der Waals surface area contributed by atoms with Gasteiger partial charge in [0.2, 0.25) is 10.0 Å². The lowest BCUT2D eigenvalue weighted by Crippen LogP contribution is -2.26. The first-order valence-electron chi connectivity index (χ1n) is 11.2. The summed E-state index contributed by atoms with van der Waals surface area (Å²) < 4.78 is 44.6. The van der Waals surface area contributed by atoms with E-state index in [1.165, 1.54) is 17.7 Å². The fourth-order valence-corrected chi connectivity index (χ4v) is 4.48. The number of rotatable bonds is 10. The molecule has 0 aliphatic heterocycles. The Labute approximate surface area is 204 Å². The molecule has 0 saturated carbocycles. The standard InChI is InChI=1S/C26H28FN3O4S/c1-17-21-10-9-20(15-23(21)29-26(17)18-6-4-3-5-7-18)34-13-12-28-16-25(31)19-8-11-22(27)24(14-19)30-35(2,32)33/h3-11,14-15,25,28-31H,12-13,16H2,1-2H3. The molecule has 9 heteroatoms. The van der Waals surface area contributed by atoms with Crippen molar-refractivity contribution in [2.45, 2.75) is 13.0 Å². The average molecular weight is 498 g/mol. The highest BCUT2D eigenvalue weighted by molar-refractivity contribution is 7.92. The monoisotopic (exact) mass is 497 g/mol. The molecule has 4 N–H and O–H groups in total. The van der Waals surface area contributed by atoms with Crippen molar-refractivity contribution < 1.29 is 22.7 Å². The van der Waals surface area contributed by atoms with Crippen molar-refractivity contribution in [3.05, 3.63) is 83.7 Å². The number of nitrogens with one attached hydrogen (secondary N) is 3. The van der Waals surface area contributed by atoms with Gasteiger partial charge in [-0.3, -0.25) is 4.72 Å². The number of sulfonamides is 1. The van der Waals surface area contributed by atoms with Crippen LogP contribution < -0.4 is 14.8 Å². The third kappa shape index (κ3) is 6.19. The van der Waals surface area contributed by atoms with E-state index in [-0.39, 0.29) is 12.2 Å². The zero-order valence-electron chi connectivity index (χ0n) is 19.5. The van der Waals surface area contributed by atoms with E-state index in [1.54, 1.807) is 0 Å². The molecule has 0 fully saturated rings. The number of H-pyrrole nitrogens is 1. The van der Waals surface area contributed by atoms with Gasteiger partial charge in [0.1, 0.15) is 18.2 Å². The lowest BCUT2D eigenvalue weighted by atomic mass is 10.1. The third-order valence-electron chi connectivity index (χ3n) is 5.65.